The number of carbonyl (C=O) groups is 1. The topological polar surface area (TPSA) is 99.3 Å². The highest BCUT2D eigenvalue weighted by molar-refractivity contribution is 9.10. The van der Waals surface area contributed by atoms with Crippen LogP contribution >= 0.6 is 27.3 Å². The molecule has 0 radical (unpaired) electrons. The molecule has 0 bridgehead atoms. The van der Waals surface area contributed by atoms with E-state index in [4.69, 9.17) is 0 Å². The summed E-state index contributed by atoms with van der Waals surface area (Å²) in [6.45, 7) is 2.98. The summed E-state index contributed by atoms with van der Waals surface area (Å²) in [7, 11) is -3.67. The quantitative estimate of drug-likeness (QED) is 0.447. The Hall–Kier alpha value is -2.34. The van der Waals surface area contributed by atoms with Crippen LogP contribution in [0.3, 0.4) is 0 Å². The Labute approximate surface area is 191 Å². The highest BCUT2D eigenvalue weighted by atomic mass is 79.9. The number of thiazole rings is 1. The van der Waals surface area contributed by atoms with Crippen molar-refractivity contribution in [1.29, 1.82) is 0 Å². The van der Waals surface area contributed by atoms with Gasteiger partial charge < -0.3 is 9.88 Å². The molecule has 11 heteroatoms. The standard InChI is InChI=1S/C20H18BrN5O3S2/c1-12-8-16-17(11-22-12)30-19(24-16)20(27)25-4-6-26(7-5-25)31(28,29)18-10-13-9-14(21)2-3-15(13)23-18/h2-3,8-11,23H,4-7H2,1H3. The summed E-state index contributed by atoms with van der Waals surface area (Å²) in [5.41, 5.74) is 2.36. The van der Waals surface area contributed by atoms with Gasteiger partial charge in [-0.1, -0.05) is 15.9 Å². The molecule has 1 N–H and O–H groups in total. The molecule has 4 aromatic rings. The number of halogens is 1. The Kier molecular flexibility index (Phi) is 5.08. The number of piperazine rings is 1. The minimum Gasteiger partial charge on any atom is -0.345 e. The van der Waals surface area contributed by atoms with Gasteiger partial charge in [-0.2, -0.15) is 4.31 Å². The number of amides is 1. The molecule has 5 rings (SSSR count). The molecule has 1 amide bonds. The van der Waals surface area contributed by atoms with Crippen LogP contribution in [0, 0.1) is 6.92 Å². The second-order valence-corrected chi connectivity index (χ2v) is 11.2. The van der Waals surface area contributed by atoms with Crippen molar-refractivity contribution in [3.8, 4) is 0 Å². The van der Waals surface area contributed by atoms with Crippen molar-refractivity contribution in [2.24, 2.45) is 0 Å². The smallest absolute Gasteiger partial charge is 0.282 e. The molecule has 0 unspecified atom stereocenters. The van der Waals surface area contributed by atoms with Crippen molar-refractivity contribution in [2.45, 2.75) is 11.9 Å². The minimum atomic E-state index is -3.67. The number of aromatic nitrogens is 3. The first-order chi connectivity index (χ1) is 14.8. The van der Waals surface area contributed by atoms with Crippen LogP contribution in [0.5, 0.6) is 0 Å². The zero-order valence-electron chi connectivity index (χ0n) is 16.5. The predicted octanol–water partition coefficient (Wildman–Crippen LogP) is 3.39. The van der Waals surface area contributed by atoms with Gasteiger partial charge in [-0.25, -0.2) is 13.4 Å². The normalized spacial score (nSPS) is 15.7. The summed E-state index contributed by atoms with van der Waals surface area (Å²) in [5, 5.41) is 1.39. The van der Waals surface area contributed by atoms with Crippen LogP contribution in [0.4, 0.5) is 0 Å². The fourth-order valence-electron chi connectivity index (χ4n) is 3.65. The van der Waals surface area contributed by atoms with Gasteiger partial charge in [-0.05, 0) is 37.3 Å². The summed E-state index contributed by atoms with van der Waals surface area (Å²) >= 11 is 4.71. The van der Waals surface area contributed by atoms with Gasteiger partial charge in [0.25, 0.3) is 15.9 Å². The lowest BCUT2D eigenvalue weighted by atomic mass is 10.3. The first-order valence-corrected chi connectivity index (χ1v) is 12.7. The number of fused-ring (bicyclic) bond motifs is 2. The van der Waals surface area contributed by atoms with Crippen LogP contribution in [0.15, 0.2) is 46.0 Å². The molecule has 1 saturated heterocycles. The number of sulfonamides is 1. The second-order valence-electron chi connectivity index (χ2n) is 7.37. The number of hydrogen-bond acceptors (Lipinski definition) is 6. The number of benzene rings is 1. The van der Waals surface area contributed by atoms with Gasteiger partial charge in [-0.15, -0.1) is 11.3 Å². The van der Waals surface area contributed by atoms with Gasteiger partial charge in [0, 0.05) is 53.4 Å². The largest absolute Gasteiger partial charge is 0.345 e. The van der Waals surface area contributed by atoms with E-state index in [0.29, 0.717) is 18.1 Å². The molecule has 3 aromatic heterocycles. The molecule has 1 fully saturated rings. The Morgan fingerprint density at radius 3 is 2.71 bits per heavy atom. The maximum Gasteiger partial charge on any atom is 0.282 e. The van der Waals surface area contributed by atoms with Gasteiger partial charge in [0.1, 0.15) is 5.03 Å². The highest BCUT2D eigenvalue weighted by Crippen LogP contribution is 2.26. The lowest BCUT2D eigenvalue weighted by Crippen LogP contribution is -2.50. The lowest BCUT2D eigenvalue weighted by molar-refractivity contribution is 0.0697. The minimum absolute atomic E-state index is 0.161. The van der Waals surface area contributed by atoms with Gasteiger partial charge in [0.05, 0.1) is 10.2 Å². The van der Waals surface area contributed by atoms with Crippen LogP contribution in [-0.4, -0.2) is 64.7 Å². The van der Waals surface area contributed by atoms with E-state index in [-0.39, 0.29) is 24.0 Å². The summed E-state index contributed by atoms with van der Waals surface area (Å²) in [6.07, 6.45) is 1.72. The van der Waals surface area contributed by atoms with Gasteiger partial charge in [0.15, 0.2) is 5.01 Å². The zero-order valence-corrected chi connectivity index (χ0v) is 19.7. The second kappa shape index (κ2) is 7.66. The van der Waals surface area contributed by atoms with Crippen LogP contribution < -0.4 is 0 Å². The average molecular weight is 520 g/mol. The van der Waals surface area contributed by atoms with Crippen LogP contribution in [0.1, 0.15) is 15.5 Å². The number of aromatic amines is 1. The van der Waals surface area contributed by atoms with E-state index in [9.17, 15) is 13.2 Å². The number of rotatable bonds is 3. The number of H-pyrrole nitrogens is 1. The van der Waals surface area contributed by atoms with E-state index >= 15 is 0 Å². The summed E-state index contributed by atoms with van der Waals surface area (Å²) in [6, 6.07) is 9.07. The first kappa shape index (κ1) is 20.6. The monoisotopic (exact) mass is 519 g/mol. The molecule has 4 heterocycles. The van der Waals surface area contributed by atoms with Gasteiger partial charge in [-0.3, -0.25) is 9.78 Å². The third-order valence-corrected chi connectivity index (χ3v) is 8.60. The molecule has 1 aliphatic rings. The van der Waals surface area contributed by atoms with Crippen LogP contribution in [0.25, 0.3) is 21.1 Å². The van der Waals surface area contributed by atoms with Crippen LogP contribution in [0.2, 0.25) is 0 Å². The number of nitrogens with zero attached hydrogens (tertiary/aromatic N) is 4. The third-order valence-electron chi connectivity index (χ3n) is 5.30. The van der Waals surface area contributed by atoms with Crippen molar-refractivity contribution in [3.05, 3.63) is 51.7 Å². The predicted molar refractivity (Wildman–Crippen MR) is 123 cm³/mol. The number of pyridine rings is 1. The molecule has 1 aliphatic heterocycles. The average Bonchev–Trinajstić information content (AvgIpc) is 3.37. The Morgan fingerprint density at radius 2 is 1.94 bits per heavy atom. The Balaban J connectivity index is 1.32. The summed E-state index contributed by atoms with van der Waals surface area (Å²) in [4.78, 5) is 26.2. The fraction of sp³-hybridized carbons (Fsp3) is 0.250. The molecule has 8 nitrogen and oxygen atoms in total. The van der Waals surface area contributed by atoms with Crippen molar-refractivity contribution in [3.63, 3.8) is 0 Å². The molecule has 0 aliphatic carbocycles. The number of nitrogens with one attached hydrogen (secondary N) is 1. The van der Waals surface area contributed by atoms with E-state index in [2.05, 4.69) is 30.9 Å². The van der Waals surface area contributed by atoms with Crippen molar-refractivity contribution in [2.75, 3.05) is 26.2 Å². The van der Waals surface area contributed by atoms with E-state index < -0.39 is 10.0 Å². The SMILES string of the molecule is Cc1cc2nc(C(=O)N3CCN(S(=O)(=O)c4cc5cc(Br)ccc5[nH]4)CC3)sc2cn1. The van der Waals surface area contributed by atoms with E-state index in [1.165, 1.54) is 15.6 Å². The highest BCUT2D eigenvalue weighted by Gasteiger charge is 2.32. The number of aryl methyl sites for hydroxylation is 1. The molecule has 160 valence electrons. The Morgan fingerprint density at radius 1 is 1.16 bits per heavy atom. The molecule has 1 aromatic carbocycles. The molecule has 31 heavy (non-hydrogen) atoms. The Bertz CT molecular complexity index is 1420. The van der Waals surface area contributed by atoms with Crippen molar-refractivity contribution < 1.29 is 13.2 Å². The molecule has 0 atom stereocenters. The van der Waals surface area contributed by atoms with Gasteiger partial charge in [0.2, 0.25) is 0 Å². The third kappa shape index (κ3) is 3.75. The molecular formula is C20H18BrN5O3S2. The van der Waals surface area contributed by atoms with Crippen molar-refractivity contribution >= 4 is 64.3 Å². The number of carbonyl (C=O) groups excluding carboxylic acids is 1. The summed E-state index contributed by atoms with van der Waals surface area (Å²) in [5.74, 6) is -0.175. The van der Waals surface area contributed by atoms with Crippen LogP contribution in [-0.2, 0) is 10.0 Å². The molecular weight excluding hydrogens is 502 g/mol. The maximum absolute atomic E-state index is 13.1. The fourth-order valence-corrected chi connectivity index (χ4v) is 6.35. The first-order valence-electron chi connectivity index (χ1n) is 9.62. The van der Waals surface area contributed by atoms with E-state index in [0.717, 1.165) is 31.3 Å². The molecule has 0 spiro atoms. The van der Waals surface area contributed by atoms with E-state index in [1.54, 1.807) is 17.2 Å². The number of hydrogen-bond donors (Lipinski definition) is 1. The lowest BCUT2D eigenvalue weighted by Gasteiger charge is -2.33. The summed E-state index contributed by atoms with van der Waals surface area (Å²) < 4.78 is 29.4. The molecule has 0 saturated carbocycles. The zero-order chi connectivity index (χ0) is 21.8. The van der Waals surface area contributed by atoms with Crippen molar-refractivity contribution in [1.82, 2.24) is 24.2 Å². The van der Waals surface area contributed by atoms with E-state index in [1.807, 2.05) is 31.2 Å². The van der Waals surface area contributed by atoms with Gasteiger partial charge >= 0.3 is 0 Å². The maximum atomic E-state index is 13.1.